The third-order valence-electron chi connectivity index (χ3n) is 5.60. The molecular weight excluding hydrogens is 504 g/mol. The average Bonchev–Trinajstić information content (AvgIpc) is 2.90. The van der Waals surface area contributed by atoms with Gasteiger partial charge in [-0.1, -0.05) is 103 Å². The van der Waals surface area contributed by atoms with Crippen molar-refractivity contribution in [1.82, 2.24) is 4.72 Å². The van der Waals surface area contributed by atoms with Gasteiger partial charge in [0.1, 0.15) is 0 Å². The Balaban J connectivity index is 1.82. The molecule has 4 aromatic carbocycles. The maximum Gasteiger partial charge on any atom is 0.262 e. The van der Waals surface area contributed by atoms with E-state index in [2.05, 4.69) is 9.44 Å². The number of anilines is 1. The van der Waals surface area contributed by atoms with Gasteiger partial charge in [0.15, 0.2) is 0 Å². The maximum atomic E-state index is 14.0. The summed E-state index contributed by atoms with van der Waals surface area (Å²) in [5, 5.41) is 0. The molecule has 37 heavy (non-hydrogen) atoms. The van der Waals surface area contributed by atoms with Crippen molar-refractivity contribution >= 4 is 49.2 Å². The van der Waals surface area contributed by atoms with Crippen LogP contribution >= 0.6 is 0 Å². The van der Waals surface area contributed by atoms with Gasteiger partial charge in [0.25, 0.3) is 10.0 Å². The Labute approximate surface area is 219 Å². The minimum absolute atomic E-state index is 0.121. The minimum Gasteiger partial charge on any atom is -0.755 e. The molecule has 0 bridgehead atoms. The summed E-state index contributed by atoms with van der Waals surface area (Å²) in [4.78, 5) is 0.121. The van der Waals surface area contributed by atoms with E-state index >= 15 is 0 Å². The molecule has 0 amide bonds. The number of nitrogens with one attached hydrogen (secondary N) is 2. The lowest BCUT2D eigenvalue weighted by Crippen LogP contribution is -2.24. The van der Waals surface area contributed by atoms with E-state index in [4.69, 9.17) is 0 Å². The van der Waals surface area contributed by atoms with Crippen molar-refractivity contribution < 1.29 is 17.2 Å². The van der Waals surface area contributed by atoms with Crippen LogP contribution in [0.2, 0.25) is 0 Å². The van der Waals surface area contributed by atoms with Crippen molar-refractivity contribution in [3.8, 4) is 0 Å². The van der Waals surface area contributed by atoms with Crippen LogP contribution in [0.4, 0.5) is 5.69 Å². The van der Waals surface area contributed by atoms with Crippen molar-refractivity contribution in [2.24, 2.45) is 0 Å². The quantitative estimate of drug-likeness (QED) is 0.208. The molecule has 188 valence electrons. The van der Waals surface area contributed by atoms with Crippen LogP contribution in [0.15, 0.2) is 115 Å². The van der Waals surface area contributed by atoms with Crippen LogP contribution in [0.5, 0.6) is 0 Å². The number of allylic oxidation sites excluding steroid dienone is 1. The van der Waals surface area contributed by atoms with Gasteiger partial charge in [-0.25, -0.2) is 8.42 Å². The molecule has 0 heterocycles. The zero-order valence-corrected chi connectivity index (χ0v) is 21.6. The smallest absolute Gasteiger partial charge is 0.262 e. The summed E-state index contributed by atoms with van der Waals surface area (Å²) in [7, 11) is -4.07. The Hall–Kier alpha value is -3.98. The average molecular weight is 530 g/mol. The van der Waals surface area contributed by atoms with E-state index in [-0.39, 0.29) is 4.91 Å². The highest BCUT2D eigenvalue weighted by atomic mass is 32.2. The van der Waals surface area contributed by atoms with Gasteiger partial charge >= 0.3 is 0 Å². The van der Waals surface area contributed by atoms with Crippen LogP contribution in [0.3, 0.4) is 0 Å². The largest absolute Gasteiger partial charge is 0.755 e. The van der Waals surface area contributed by atoms with E-state index in [1.54, 1.807) is 61.5 Å². The maximum absolute atomic E-state index is 14.0. The predicted molar refractivity (Wildman–Crippen MR) is 151 cm³/mol. The molecule has 2 N–H and O–H groups in total. The molecule has 0 saturated heterocycles. The van der Waals surface area contributed by atoms with Crippen molar-refractivity contribution in [3.63, 3.8) is 0 Å². The van der Waals surface area contributed by atoms with Gasteiger partial charge in [-0.2, -0.15) is 0 Å². The number of hydrogen-bond acceptors (Lipinski definition) is 4. The first-order valence-electron chi connectivity index (χ1n) is 11.4. The van der Waals surface area contributed by atoms with Crippen molar-refractivity contribution in [1.29, 1.82) is 0 Å². The molecule has 0 fully saturated rings. The topological polar surface area (TPSA) is 98.3 Å². The van der Waals surface area contributed by atoms with Crippen LogP contribution in [-0.2, 0) is 21.3 Å². The Morgan fingerprint density at radius 3 is 1.78 bits per heavy atom. The number of benzene rings is 4. The molecule has 1 atom stereocenters. The Morgan fingerprint density at radius 2 is 1.24 bits per heavy atom. The fourth-order valence-corrected chi connectivity index (χ4v) is 5.74. The van der Waals surface area contributed by atoms with Gasteiger partial charge in [0, 0.05) is 17.0 Å². The van der Waals surface area contributed by atoms with E-state index in [0.717, 1.165) is 11.1 Å². The van der Waals surface area contributed by atoms with Crippen molar-refractivity contribution in [2.45, 2.75) is 6.92 Å². The van der Waals surface area contributed by atoms with E-state index in [9.17, 15) is 17.2 Å². The second kappa shape index (κ2) is 11.8. The summed E-state index contributed by atoms with van der Waals surface area (Å²) in [6.07, 6.45) is 1.80. The molecule has 0 aliphatic rings. The predicted octanol–water partition coefficient (Wildman–Crippen LogP) is 5.90. The molecule has 4 rings (SSSR count). The molecule has 8 heteroatoms. The monoisotopic (exact) mass is 529 g/mol. The third-order valence-corrected chi connectivity index (χ3v) is 7.57. The fourth-order valence-electron chi connectivity index (χ4n) is 3.88. The lowest BCUT2D eigenvalue weighted by Gasteiger charge is -2.18. The van der Waals surface area contributed by atoms with Crippen LogP contribution in [0, 0.1) is 0 Å². The second-order valence-electron chi connectivity index (χ2n) is 8.17. The fraction of sp³-hybridized carbons (Fsp3) is 0.0345. The molecule has 0 aliphatic carbocycles. The molecule has 0 aromatic heterocycles. The van der Waals surface area contributed by atoms with E-state index in [1.807, 2.05) is 66.7 Å². The van der Waals surface area contributed by atoms with Gasteiger partial charge in [-0.3, -0.25) is 8.93 Å². The highest BCUT2D eigenvalue weighted by molar-refractivity contribution is 7.99. The Bertz CT molecular complexity index is 1530. The molecular formula is C29H25N2O4S2-. The first-order chi connectivity index (χ1) is 17.8. The standard InChI is InChI=1S/C29H26N2O4S2/c1-22(24-17-19-27(20-18-24)30-36(32)33)29(26-15-9-4-10-16-26)37(34,35)31-28(25-13-7-3-8-14-25)21-23-11-5-2-6-12-23/h2-21,30-31H,1H3,(H,32,33)/p-1. The van der Waals surface area contributed by atoms with Gasteiger partial charge in [0.05, 0.1) is 10.6 Å². The van der Waals surface area contributed by atoms with Crippen LogP contribution in [0.25, 0.3) is 22.3 Å². The first kappa shape index (κ1) is 26.1. The molecule has 4 aromatic rings. The molecule has 1 unspecified atom stereocenters. The lowest BCUT2D eigenvalue weighted by molar-refractivity contribution is 0.542. The minimum atomic E-state index is -4.07. The summed E-state index contributed by atoms with van der Waals surface area (Å²) < 4.78 is 55.1. The second-order valence-corrected chi connectivity index (χ2v) is 10.5. The molecule has 0 spiro atoms. The third kappa shape index (κ3) is 6.83. The Morgan fingerprint density at radius 1 is 0.730 bits per heavy atom. The molecule has 0 radical (unpaired) electrons. The zero-order chi connectivity index (χ0) is 26.3. The summed E-state index contributed by atoms with van der Waals surface area (Å²) in [6.45, 7) is 1.73. The summed E-state index contributed by atoms with van der Waals surface area (Å²) in [5.74, 6) is 0. The van der Waals surface area contributed by atoms with E-state index in [1.165, 1.54) is 0 Å². The number of hydrogen-bond donors (Lipinski definition) is 2. The number of sulfonamides is 1. The highest BCUT2D eigenvalue weighted by Crippen LogP contribution is 2.32. The SMILES string of the molecule is CC(=C(c1ccccc1)S(=O)(=O)NC(=Cc1ccccc1)c1ccccc1)c1ccc(NS(=O)[O-])cc1. The molecule has 6 nitrogen and oxygen atoms in total. The summed E-state index contributed by atoms with van der Waals surface area (Å²) in [6, 6.07) is 34.2. The Kier molecular flexibility index (Phi) is 8.35. The van der Waals surface area contributed by atoms with Crippen molar-refractivity contribution in [2.75, 3.05) is 4.72 Å². The van der Waals surface area contributed by atoms with Gasteiger partial charge in [0.2, 0.25) is 0 Å². The van der Waals surface area contributed by atoms with E-state index < -0.39 is 21.3 Å². The first-order valence-corrected chi connectivity index (χ1v) is 14.0. The van der Waals surface area contributed by atoms with E-state index in [0.29, 0.717) is 28.1 Å². The summed E-state index contributed by atoms with van der Waals surface area (Å²) >= 11 is -2.45. The normalized spacial score (nSPS) is 13.4. The van der Waals surface area contributed by atoms with Crippen LogP contribution in [0.1, 0.15) is 29.2 Å². The zero-order valence-electron chi connectivity index (χ0n) is 20.0. The van der Waals surface area contributed by atoms with Gasteiger partial charge < -0.3 is 9.27 Å². The van der Waals surface area contributed by atoms with Crippen LogP contribution in [-0.4, -0.2) is 17.2 Å². The van der Waals surface area contributed by atoms with Crippen molar-refractivity contribution in [3.05, 3.63) is 138 Å². The molecule has 0 saturated carbocycles. The highest BCUT2D eigenvalue weighted by Gasteiger charge is 2.24. The van der Waals surface area contributed by atoms with Crippen LogP contribution < -0.4 is 9.44 Å². The summed E-state index contributed by atoms with van der Waals surface area (Å²) in [5.41, 5.74) is 4.07. The molecule has 0 aliphatic heterocycles. The lowest BCUT2D eigenvalue weighted by atomic mass is 10.0. The van der Waals surface area contributed by atoms with Gasteiger partial charge in [-0.15, -0.1) is 0 Å². The number of rotatable bonds is 9. The van der Waals surface area contributed by atoms with Gasteiger partial charge in [-0.05, 0) is 53.0 Å².